The van der Waals surface area contributed by atoms with Gasteiger partial charge in [0.2, 0.25) is 0 Å². The topological polar surface area (TPSA) is 72.1 Å². The Morgan fingerprint density at radius 3 is 2.48 bits per heavy atom. The maximum Gasteiger partial charge on any atom is 0.353 e. The highest BCUT2D eigenvalue weighted by atomic mass is 32.2. The lowest BCUT2D eigenvalue weighted by atomic mass is 10.1. The van der Waals surface area contributed by atoms with Gasteiger partial charge in [-0.2, -0.15) is 0 Å². The first kappa shape index (κ1) is 21.5. The smallest absolute Gasteiger partial charge is 0.353 e. The van der Waals surface area contributed by atoms with Gasteiger partial charge in [-0.05, 0) is 29.8 Å². The van der Waals surface area contributed by atoms with Gasteiger partial charge in [-0.15, -0.1) is 11.8 Å². The van der Waals surface area contributed by atoms with E-state index in [1.54, 1.807) is 0 Å². The molecule has 0 atom stereocenters. The standard InChI is InChI=1S/C24H25NO5S/c26-21-16-22(30-24(27)23(21)31-17-18-4-2-1-3-5-18)19-6-8-20(9-7-19)29-15-12-25-10-13-28-14-11-25/h1-9,16,26H,10-15,17H2. The number of benzene rings is 2. The van der Waals surface area contributed by atoms with Gasteiger partial charge in [0.15, 0.2) is 0 Å². The molecule has 2 heterocycles. The van der Waals surface area contributed by atoms with Crippen molar-refractivity contribution in [2.45, 2.75) is 10.6 Å². The van der Waals surface area contributed by atoms with Crippen LogP contribution >= 0.6 is 11.8 Å². The van der Waals surface area contributed by atoms with Crippen molar-refractivity contribution < 1.29 is 19.0 Å². The molecule has 0 aliphatic carbocycles. The van der Waals surface area contributed by atoms with Gasteiger partial charge in [0.1, 0.15) is 28.8 Å². The Morgan fingerprint density at radius 2 is 1.77 bits per heavy atom. The molecule has 31 heavy (non-hydrogen) atoms. The van der Waals surface area contributed by atoms with Crippen LogP contribution in [0.2, 0.25) is 0 Å². The van der Waals surface area contributed by atoms with Crippen molar-refractivity contribution in [3.63, 3.8) is 0 Å². The number of hydrogen-bond donors (Lipinski definition) is 1. The number of ether oxygens (including phenoxy) is 2. The molecule has 0 amide bonds. The van der Waals surface area contributed by atoms with Gasteiger partial charge in [-0.25, -0.2) is 4.79 Å². The number of morpholine rings is 1. The highest BCUT2D eigenvalue weighted by Crippen LogP contribution is 2.32. The van der Waals surface area contributed by atoms with E-state index in [2.05, 4.69) is 4.90 Å². The minimum Gasteiger partial charge on any atom is -0.506 e. The molecule has 0 bridgehead atoms. The molecule has 1 fully saturated rings. The molecule has 1 aromatic heterocycles. The van der Waals surface area contributed by atoms with Crippen molar-refractivity contribution in [2.75, 3.05) is 39.5 Å². The van der Waals surface area contributed by atoms with E-state index >= 15 is 0 Å². The van der Waals surface area contributed by atoms with Crippen molar-refractivity contribution >= 4 is 11.8 Å². The van der Waals surface area contributed by atoms with Crippen LogP contribution in [0.3, 0.4) is 0 Å². The molecule has 1 saturated heterocycles. The van der Waals surface area contributed by atoms with E-state index in [0.717, 1.165) is 44.2 Å². The van der Waals surface area contributed by atoms with Crippen LogP contribution in [0.5, 0.6) is 11.5 Å². The van der Waals surface area contributed by atoms with Gasteiger partial charge < -0.3 is 19.0 Å². The van der Waals surface area contributed by atoms with Crippen molar-refractivity contribution in [3.8, 4) is 22.8 Å². The molecule has 0 unspecified atom stereocenters. The average molecular weight is 440 g/mol. The summed E-state index contributed by atoms with van der Waals surface area (Å²) in [6.07, 6.45) is 0. The van der Waals surface area contributed by atoms with Crippen LogP contribution in [0, 0.1) is 0 Å². The molecule has 2 aromatic carbocycles. The molecule has 162 valence electrons. The largest absolute Gasteiger partial charge is 0.506 e. The number of aromatic hydroxyl groups is 1. The fourth-order valence-electron chi connectivity index (χ4n) is 3.31. The maximum atomic E-state index is 12.4. The van der Waals surface area contributed by atoms with Crippen molar-refractivity contribution in [3.05, 3.63) is 76.6 Å². The summed E-state index contributed by atoms with van der Waals surface area (Å²) in [5.41, 5.74) is 1.23. The summed E-state index contributed by atoms with van der Waals surface area (Å²) in [5, 5.41) is 10.4. The normalized spacial score (nSPS) is 14.5. The zero-order chi connectivity index (χ0) is 21.5. The number of thioether (sulfide) groups is 1. The third-order valence-corrected chi connectivity index (χ3v) is 6.18. The summed E-state index contributed by atoms with van der Waals surface area (Å²) < 4.78 is 16.6. The highest BCUT2D eigenvalue weighted by molar-refractivity contribution is 7.98. The highest BCUT2D eigenvalue weighted by Gasteiger charge is 2.14. The second kappa shape index (κ2) is 10.5. The molecule has 1 aliphatic rings. The molecule has 1 aliphatic heterocycles. The Labute approximate surface area is 185 Å². The van der Waals surface area contributed by atoms with Crippen molar-refractivity contribution in [2.24, 2.45) is 0 Å². The summed E-state index contributed by atoms with van der Waals surface area (Å²) in [5.74, 6) is 1.58. The summed E-state index contributed by atoms with van der Waals surface area (Å²) in [4.78, 5) is 15.0. The Balaban J connectivity index is 1.36. The third-order valence-electron chi connectivity index (χ3n) is 5.03. The number of rotatable bonds is 8. The van der Waals surface area contributed by atoms with Crippen LogP contribution in [-0.2, 0) is 10.5 Å². The van der Waals surface area contributed by atoms with Crippen LogP contribution in [-0.4, -0.2) is 49.5 Å². The number of nitrogens with zero attached hydrogens (tertiary/aromatic N) is 1. The van der Waals surface area contributed by atoms with E-state index in [-0.39, 0.29) is 10.6 Å². The second-order valence-electron chi connectivity index (χ2n) is 7.21. The predicted octanol–water partition coefficient (Wildman–Crippen LogP) is 4.02. The van der Waals surface area contributed by atoms with E-state index in [9.17, 15) is 9.90 Å². The third kappa shape index (κ3) is 5.91. The number of hydrogen-bond acceptors (Lipinski definition) is 7. The fraction of sp³-hybridized carbons (Fsp3) is 0.292. The summed E-state index contributed by atoms with van der Waals surface area (Å²) in [6.45, 7) is 4.88. The van der Waals surface area contributed by atoms with Crippen LogP contribution < -0.4 is 10.4 Å². The average Bonchev–Trinajstić information content (AvgIpc) is 2.80. The molecule has 1 N–H and O–H groups in total. The first-order valence-corrected chi connectivity index (χ1v) is 11.2. The Morgan fingerprint density at radius 1 is 1.03 bits per heavy atom. The molecular formula is C24H25NO5S. The van der Waals surface area contributed by atoms with Crippen LogP contribution in [0.15, 0.2) is 74.8 Å². The minimum atomic E-state index is -0.540. The Kier molecular flexibility index (Phi) is 7.30. The van der Waals surface area contributed by atoms with E-state index in [4.69, 9.17) is 13.9 Å². The monoisotopic (exact) mass is 439 g/mol. The van der Waals surface area contributed by atoms with E-state index in [1.807, 2.05) is 54.6 Å². The van der Waals surface area contributed by atoms with Gasteiger partial charge in [0.05, 0.1) is 13.2 Å². The predicted molar refractivity (Wildman–Crippen MR) is 121 cm³/mol. The van der Waals surface area contributed by atoms with Gasteiger partial charge in [-0.1, -0.05) is 30.3 Å². The zero-order valence-corrected chi connectivity index (χ0v) is 18.0. The summed E-state index contributed by atoms with van der Waals surface area (Å²) in [6, 6.07) is 18.6. The van der Waals surface area contributed by atoms with E-state index in [1.165, 1.54) is 17.8 Å². The van der Waals surface area contributed by atoms with Crippen molar-refractivity contribution in [1.82, 2.24) is 4.90 Å². The SMILES string of the molecule is O=c1oc(-c2ccc(OCCN3CCOCC3)cc2)cc(O)c1SCc1ccccc1. The molecule has 0 radical (unpaired) electrons. The molecule has 0 saturated carbocycles. The summed E-state index contributed by atoms with van der Waals surface area (Å²) in [7, 11) is 0. The minimum absolute atomic E-state index is 0.0713. The Hall–Kier alpha value is -2.74. The van der Waals surface area contributed by atoms with Gasteiger partial charge in [0.25, 0.3) is 0 Å². The molecule has 3 aromatic rings. The molecule has 4 rings (SSSR count). The lowest BCUT2D eigenvalue weighted by Crippen LogP contribution is -2.38. The van der Waals surface area contributed by atoms with E-state index in [0.29, 0.717) is 23.7 Å². The molecule has 7 heteroatoms. The van der Waals surface area contributed by atoms with Crippen LogP contribution in [0.1, 0.15) is 5.56 Å². The van der Waals surface area contributed by atoms with Crippen molar-refractivity contribution in [1.29, 1.82) is 0 Å². The summed E-state index contributed by atoms with van der Waals surface area (Å²) >= 11 is 1.27. The lowest BCUT2D eigenvalue weighted by molar-refractivity contribution is 0.0322. The first-order chi connectivity index (χ1) is 15.2. The van der Waals surface area contributed by atoms with Crippen LogP contribution in [0.25, 0.3) is 11.3 Å². The zero-order valence-electron chi connectivity index (χ0n) is 17.2. The molecular weight excluding hydrogens is 414 g/mol. The molecule has 6 nitrogen and oxygen atoms in total. The van der Waals surface area contributed by atoms with Gasteiger partial charge in [0, 0.05) is 37.0 Å². The van der Waals surface area contributed by atoms with E-state index < -0.39 is 5.63 Å². The Bertz CT molecular complexity index is 1030. The fourth-order valence-corrected chi connectivity index (χ4v) is 4.18. The quantitative estimate of drug-likeness (QED) is 0.532. The lowest BCUT2D eigenvalue weighted by Gasteiger charge is -2.26. The first-order valence-electron chi connectivity index (χ1n) is 10.3. The molecule has 0 spiro atoms. The van der Waals surface area contributed by atoms with Gasteiger partial charge >= 0.3 is 5.63 Å². The van der Waals surface area contributed by atoms with Gasteiger partial charge in [-0.3, -0.25) is 4.90 Å². The van der Waals surface area contributed by atoms with Crippen LogP contribution in [0.4, 0.5) is 0 Å². The second-order valence-corrected chi connectivity index (χ2v) is 8.20. The maximum absolute atomic E-state index is 12.4.